The van der Waals surface area contributed by atoms with Crippen LogP contribution >= 0.6 is 12.2 Å². The second kappa shape index (κ2) is 5.48. The van der Waals surface area contributed by atoms with Gasteiger partial charge in [0.1, 0.15) is 0 Å². The van der Waals surface area contributed by atoms with E-state index in [0.29, 0.717) is 29.9 Å². The van der Waals surface area contributed by atoms with Crippen LogP contribution in [0.4, 0.5) is 0 Å². The largest absolute Gasteiger partial charge is 0.393 e. The molecule has 1 rings (SSSR count). The molecule has 0 aliphatic rings. The Morgan fingerprint density at radius 3 is 2.61 bits per heavy atom. The summed E-state index contributed by atoms with van der Waals surface area (Å²) in [4.78, 5) is 25.8. The number of thiocarbonyl (C=S) groups is 1. The monoisotopic (exact) mass is 269 g/mol. The summed E-state index contributed by atoms with van der Waals surface area (Å²) in [6, 6.07) is 0. The Morgan fingerprint density at radius 2 is 2.11 bits per heavy atom. The van der Waals surface area contributed by atoms with Crippen LogP contribution in [0.3, 0.4) is 0 Å². The molecule has 0 aliphatic heterocycles. The van der Waals surface area contributed by atoms with Gasteiger partial charge in [-0.15, -0.1) is 0 Å². The Bertz CT molecular complexity index is 557. The van der Waals surface area contributed by atoms with Gasteiger partial charge in [0, 0.05) is 23.7 Å². The lowest BCUT2D eigenvalue weighted by Gasteiger charge is -2.23. The number of hydrogen-bond donors (Lipinski definition) is 2. The molecule has 0 amide bonds. The standard InChI is InChI=1S/C12H19N3O2S/c1-4-8-7-15(11(17)14-9(8)16)6-5-12(2,3)10(13)18/h7H,4-6H2,1-3H3,(H2,13,18)(H,14,16,17). The minimum atomic E-state index is -0.393. The average molecular weight is 269 g/mol. The van der Waals surface area contributed by atoms with Gasteiger partial charge in [0.25, 0.3) is 5.56 Å². The van der Waals surface area contributed by atoms with Crippen LogP contribution in [0.15, 0.2) is 15.8 Å². The molecular weight excluding hydrogens is 250 g/mol. The fourth-order valence-electron chi connectivity index (χ4n) is 1.50. The first-order chi connectivity index (χ1) is 8.27. The molecule has 0 radical (unpaired) electrons. The molecule has 0 bridgehead atoms. The molecule has 0 saturated carbocycles. The molecule has 0 spiro atoms. The number of aromatic amines is 1. The third kappa shape index (κ3) is 3.29. The summed E-state index contributed by atoms with van der Waals surface area (Å²) in [6.07, 6.45) is 2.85. The molecule has 1 heterocycles. The van der Waals surface area contributed by atoms with E-state index in [-0.39, 0.29) is 11.0 Å². The summed E-state index contributed by atoms with van der Waals surface area (Å²) in [5.74, 6) is 0. The predicted molar refractivity (Wildman–Crippen MR) is 75.9 cm³/mol. The molecule has 5 nitrogen and oxygen atoms in total. The number of aryl methyl sites for hydroxylation is 2. The van der Waals surface area contributed by atoms with Crippen molar-refractivity contribution in [2.45, 2.75) is 40.2 Å². The van der Waals surface area contributed by atoms with Crippen molar-refractivity contribution in [3.63, 3.8) is 0 Å². The van der Waals surface area contributed by atoms with E-state index in [1.165, 1.54) is 4.57 Å². The van der Waals surface area contributed by atoms with Crippen molar-refractivity contribution in [3.05, 3.63) is 32.6 Å². The lowest BCUT2D eigenvalue weighted by atomic mass is 9.89. The minimum Gasteiger partial charge on any atom is -0.393 e. The molecule has 1 aromatic rings. The second-order valence-corrected chi connectivity index (χ2v) is 5.40. The van der Waals surface area contributed by atoms with E-state index in [0.717, 1.165) is 0 Å². The maximum Gasteiger partial charge on any atom is 0.328 e. The van der Waals surface area contributed by atoms with Crippen molar-refractivity contribution in [1.29, 1.82) is 0 Å². The Morgan fingerprint density at radius 1 is 1.50 bits per heavy atom. The summed E-state index contributed by atoms with van der Waals surface area (Å²) >= 11 is 4.98. The van der Waals surface area contributed by atoms with Crippen LogP contribution < -0.4 is 17.0 Å². The van der Waals surface area contributed by atoms with Gasteiger partial charge in [-0.05, 0) is 12.8 Å². The van der Waals surface area contributed by atoms with Gasteiger partial charge in [0.15, 0.2) is 0 Å². The number of aromatic nitrogens is 2. The highest BCUT2D eigenvalue weighted by atomic mass is 32.1. The third-order valence-corrected chi connectivity index (χ3v) is 3.66. The maximum atomic E-state index is 11.6. The molecule has 100 valence electrons. The zero-order valence-corrected chi connectivity index (χ0v) is 11.8. The van der Waals surface area contributed by atoms with Gasteiger partial charge in [-0.1, -0.05) is 33.0 Å². The van der Waals surface area contributed by atoms with Gasteiger partial charge in [-0.25, -0.2) is 4.79 Å². The average Bonchev–Trinajstić information content (AvgIpc) is 2.27. The first-order valence-electron chi connectivity index (χ1n) is 5.90. The van der Waals surface area contributed by atoms with Gasteiger partial charge < -0.3 is 10.3 Å². The Kier molecular flexibility index (Phi) is 4.45. The summed E-state index contributed by atoms with van der Waals surface area (Å²) in [5.41, 5.74) is 5.23. The van der Waals surface area contributed by atoms with Gasteiger partial charge in [0.2, 0.25) is 0 Å². The van der Waals surface area contributed by atoms with Crippen LogP contribution in [0.25, 0.3) is 0 Å². The number of nitrogens with two attached hydrogens (primary N) is 1. The van der Waals surface area contributed by atoms with E-state index in [9.17, 15) is 9.59 Å². The van der Waals surface area contributed by atoms with Crippen molar-refractivity contribution in [2.24, 2.45) is 11.1 Å². The number of nitrogens with one attached hydrogen (secondary N) is 1. The molecule has 1 aromatic heterocycles. The highest BCUT2D eigenvalue weighted by Gasteiger charge is 2.21. The highest BCUT2D eigenvalue weighted by Crippen LogP contribution is 2.20. The lowest BCUT2D eigenvalue weighted by Crippen LogP contribution is -2.35. The Balaban J connectivity index is 2.96. The van der Waals surface area contributed by atoms with Crippen LogP contribution in [0.2, 0.25) is 0 Å². The van der Waals surface area contributed by atoms with Crippen molar-refractivity contribution in [2.75, 3.05) is 0 Å². The summed E-state index contributed by atoms with van der Waals surface area (Å²) < 4.78 is 1.50. The number of hydrogen-bond acceptors (Lipinski definition) is 3. The molecule has 0 aromatic carbocycles. The highest BCUT2D eigenvalue weighted by molar-refractivity contribution is 7.80. The van der Waals surface area contributed by atoms with Crippen LogP contribution in [-0.2, 0) is 13.0 Å². The Labute approximate surface area is 111 Å². The smallest absolute Gasteiger partial charge is 0.328 e. The first-order valence-corrected chi connectivity index (χ1v) is 6.31. The topological polar surface area (TPSA) is 80.9 Å². The fraction of sp³-hybridized carbons (Fsp3) is 0.583. The zero-order chi connectivity index (χ0) is 13.9. The van der Waals surface area contributed by atoms with Crippen molar-refractivity contribution in [3.8, 4) is 0 Å². The predicted octanol–water partition coefficient (Wildman–Crippen LogP) is 0.801. The van der Waals surface area contributed by atoms with Crippen LogP contribution in [0.5, 0.6) is 0 Å². The maximum absolute atomic E-state index is 11.6. The third-order valence-electron chi connectivity index (χ3n) is 3.11. The summed E-state index contributed by atoms with van der Waals surface area (Å²) in [6.45, 7) is 6.23. The normalized spacial score (nSPS) is 11.5. The lowest BCUT2D eigenvalue weighted by molar-refractivity contribution is 0.426. The van der Waals surface area contributed by atoms with Crippen molar-refractivity contribution >= 4 is 17.2 Å². The van der Waals surface area contributed by atoms with Gasteiger partial charge in [-0.3, -0.25) is 9.78 Å². The second-order valence-electron chi connectivity index (χ2n) is 4.96. The molecule has 18 heavy (non-hydrogen) atoms. The van der Waals surface area contributed by atoms with E-state index in [1.807, 2.05) is 20.8 Å². The minimum absolute atomic E-state index is 0.308. The molecule has 0 unspecified atom stereocenters. The van der Waals surface area contributed by atoms with Crippen LogP contribution in [-0.4, -0.2) is 14.5 Å². The number of rotatable bonds is 5. The van der Waals surface area contributed by atoms with Crippen molar-refractivity contribution in [1.82, 2.24) is 9.55 Å². The van der Waals surface area contributed by atoms with Gasteiger partial charge >= 0.3 is 5.69 Å². The molecule has 0 atom stereocenters. The molecule has 0 aliphatic carbocycles. The van der Waals surface area contributed by atoms with Crippen LogP contribution in [0, 0.1) is 5.41 Å². The van der Waals surface area contributed by atoms with Crippen LogP contribution in [0.1, 0.15) is 32.8 Å². The van der Waals surface area contributed by atoms with E-state index in [1.54, 1.807) is 6.20 Å². The molecular formula is C12H19N3O2S. The van der Waals surface area contributed by atoms with Gasteiger partial charge in [0.05, 0.1) is 4.99 Å². The zero-order valence-electron chi connectivity index (χ0n) is 10.9. The first kappa shape index (κ1) is 14.6. The molecule has 3 N–H and O–H groups in total. The number of H-pyrrole nitrogens is 1. The molecule has 0 fully saturated rings. The Hall–Kier alpha value is -1.43. The molecule has 6 heteroatoms. The van der Waals surface area contributed by atoms with E-state index < -0.39 is 5.69 Å². The van der Waals surface area contributed by atoms with Gasteiger partial charge in [-0.2, -0.15) is 0 Å². The quantitative estimate of drug-likeness (QED) is 0.775. The fourth-order valence-corrected chi connectivity index (χ4v) is 1.60. The molecule has 0 saturated heterocycles. The van der Waals surface area contributed by atoms with E-state index in [2.05, 4.69) is 4.98 Å². The van der Waals surface area contributed by atoms with E-state index >= 15 is 0 Å². The summed E-state index contributed by atoms with van der Waals surface area (Å²) in [7, 11) is 0. The summed E-state index contributed by atoms with van der Waals surface area (Å²) in [5, 5.41) is 0. The van der Waals surface area contributed by atoms with E-state index in [4.69, 9.17) is 18.0 Å². The number of nitrogens with zero attached hydrogens (tertiary/aromatic N) is 1. The van der Waals surface area contributed by atoms with Crippen molar-refractivity contribution < 1.29 is 0 Å². The SMILES string of the molecule is CCc1cn(CCC(C)(C)C(N)=S)c(=O)[nH]c1=O.